The molecule has 6 heteroatoms. The maximum Gasteiger partial charge on any atom is 0.242 e. The number of ether oxygens (including phenoxy) is 1. The average molecular weight is 261 g/mol. The molecule has 0 spiro atoms. The lowest BCUT2D eigenvalue weighted by Crippen LogP contribution is -2.30. The van der Waals surface area contributed by atoms with E-state index < -0.39 is 15.8 Å². The van der Waals surface area contributed by atoms with E-state index in [1.807, 2.05) is 6.92 Å². The van der Waals surface area contributed by atoms with Crippen LogP contribution in [0.1, 0.15) is 6.92 Å². The van der Waals surface area contributed by atoms with Crippen LogP contribution < -0.4 is 0 Å². The fraction of sp³-hybridized carbons (Fsp3) is 0.455. The zero-order valence-corrected chi connectivity index (χ0v) is 10.7. The first-order valence-electron chi connectivity index (χ1n) is 5.28. The van der Waals surface area contributed by atoms with Crippen molar-refractivity contribution >= 4 is 10.0 Å². The summed E-state index contributed by atoms with van der Waals surface area (Å²) < 4.78 is 42.9. The Bertz CT molecular complexity index is 444. The van der Waals surface area contributed by atoms with Gasteiger partial charge in [0.2, 0.25) is 10.0 Å². The van der Waals surface area contributed by atoms with Gasteiger partial charge in [-0.1, -0.05) is 0 Å². The summed E-state index contributed by atoms with van der Waals surface area (Å²) in [7, 11) is -2.08. The second-order valence-corrected chi connectivity index (χ2v) is 5.52. The number of halogens is 1. The van der Waals surface area contributed by atoms with Gasteiger partial charge < -0.3 is 4.74 Å². The molecule has 0 fully saturated rings. The van der Waals surface area contributed by atoms with E-state index in [1.54, 1.807) is 0 Å². The molecule has 96 valence electrons. The molecule has 0 saturated carbocycles. The summed E-state index contributed by atoms with van der Waals surface area (Å²) >= 11 is 0. The van der Waals surface area contributed by atoms with Crippen LogP contribution in [0.15, 0.2) is 29.2 Å². The highest BCUT2D eigenvalue weighted by Gasteiger charge is 2.20. The second kappa shape index (κ2) is 6.09. The van der Waals surface area contributed by atoms with Gasteiger partial charge in [0.15, 0.2) is 0 Å². The van der Waals surface area contributed by atoms with Crippen molar-refractivity contribution in [2.45, 2.75) is 11.8 Å². The Labute approximate surface area is 101 Å². The highest BCUT2D eigenvalue weighted by molar-refractivity contribution is 7.89. The van der Waals surface area contributed by atoms with Gasteiger partial charge in [-0.05, 0) is 31.2 Å². The van der Waals surface area contributed by atoms with Gasteiger partial charge in [0, 0.05) is 20.2 Å². The summed E-state index contributed by atoms with van der Waals surface area (Å²) in [5.41, 5.74) is 0. The molecular weight excluding hydrogens is 245 g/mol. The smallest absolute Gasteiger partial charge is 0.242 e. The van der Waals surface area contributed by atoms with Crippen molar-refractivity contribution in [3.8, 4) is 0 Å². The average Bonchev–Trinajstić information content (AvgIpc) is 2.29. The fourth-order valence-electron chi connectivity index (χ4n) is 1.24. The van der Waals surface area contributed by atoms with Crippen LogP contribution in [0.2, 0.25) is 0 Å². The molecule has 1 aromatic rings. The van der Waals surface area contributed by atoms with Crippen LogP contribution in [0.25, 0.3) is 0 Å². The lowest BCUT2D eigenvalue weighted by molar-refractivity contribution is 0.138. The lowest BCUT2D eigenvalue weighted by atomic mass is 10.4. The van der Waals surface area contributed by atoms with Crippen molar-refractivity contribution in [1.82, 2.24) is 4.31 Å². The highest BCUT2D eigenvalue weighted by atomic mass is 32.2. The quantitative estimate of drug-likeness (QED) is 0.729. The van der Waals surface area contributed by atoms with E-state index >= 15 is 0 Å². The minimum atomic E-state index is -3.55. The van der Waals surface area contributed by atoms with E-state index in [4.69, 9.17) is 4.74 Å². The molecule has 0 saturated heterocycles. The maximum absolute atomic E-state index is 12.7. The van der Waals surface area contributed by atoms with Gasteiger partial charge in [0.25, 0.3) is 0 Å². The van der Waals surface area contributed by atoms with Crippen LogP contribution >= 0.6 is 0 Å². The molecule has 1 rings (SSSR count). The van der Waals surface area contributed by atoms with Crippen molar-refractivity contribution in [2.75, 3.05) is 26.8 Å². The molecule has 0 aliphatic heterocycles. The molecule has 0 amide bonds. The number of hydrogen-bond acceptors (Lipinski definition) is 3. The molecule has 0 aliphatic carbocycles. The Balaban J connectivity index is 2.76. The molecule has 0 N–H and O–H groups in total. The topological polar surface area (TPSA) is 46.6 Å². The van der Waals surface area contributed by atoms with Gasteiger partial charge in [-0.3, -0.25) is 0 Å². The van der Waals surface area contributed by atoms with Gasteiger partial charge >= 0.3 is 0 Å². The molecule has 0 aromatic heterocycles. The SMILES string of the molecule is CCOCCN(C)S(=O)(=O)c1ccc(F)cc1. The first kappa shape index (κ1) is 14.1. The number of sulfonamides is 1. The summed E-state index contributed by atoms with van der Waals surface area (Å²) in [6, 6.07) is 4.76. The third-order valence-electron chi connectivity index (χ3n) is 2.28. The Kier molecular flexibility index (Phi) is 5.04. The summed E-state index contributed by atoms with van der Waals surface area (Å²) in [5, 5.41) is 0. The van der Waals surface area contributed by atoms with E-state index in [0.717, 1.165) is 12.1 Å². The lowest BCUT2D eigenvalue weighted by Gasteiger charge is -2.16. The molecule has 17 heavy (non-hydrogen) atoms. The molecule has 0 atom stereocenters. The predicted molar refractivity (Wildman–Crippen MR) is 62.7 cm³/mol. The monoisotopic (exact) mass is 261 g/mol. The van der Waals surface area contributed by atoms with E-state index in [0.29, 0.717) is 13.2 Å². The standard InChI is InChI=1S/C11H16FNO3S/c1-3-16-9-8-13(2)17(14,15)11-6-4-10(12)5-7-11/h4-7H,3,8-9H2,1-2H3. The van der Waals surface area contributed by atoms with Crippen molar-refractivity contribution in [3.63, 3.8) is 0 Å². The van der Waals surface area contributed by atoms with Crippen molar-refractivity contribution < 1.29 is 17.5 Å². The zero-order valence-electron chi connectivity index (χ0n) is 9.89. The molecule has 0 radical (unpaired) electrons. The molecule has 0 bridgehead atoms. The molecular formula is C11H16FNO3S. The van der Waals surface area contributed by atoms with Crippen LogP contribution in [-0.2, 0) is 14.8 Å². The predicted octanol–water partition coefficient (Wildman–Crippen LogP) is 1.48. The number of nitrogens with zero attached hydrogens (tertiary/aromatic N) is 1. The van der Waals surface area contributed by atoms with Crippen LogP contribution in [-0.4, -0.2) is 39.5 Å². The first-order valence-corrected chi connectivity index (χ1v) is 6.72. The third kappa shape index (κ3) is 3.76. The summed E-state index contributed by atoms with van der Waals surface area (Å²) in [6.07, 6.45) is 0. The molecule has 1 aromatic carbocycles. The van der Waals surface area contributed by atoms with Crippen molar-refractivity contribution in [2.24, 2.45) is 0 Å². The second-order valence-electron chi connectivity index (χ2n) is 3.48. The molecule has 0 heterocycles. The van der Waals surface area contributed by atoms with Gasteiger partial charge in [-0.15, -0.1) is 0 Å². The minimum Gasteiger partial charge on any atom is -0.380 e. The van der Waals surface area contributed by atoms with Crippen LogP contribution in [0.5, 0.6) is 0 Å². The zero-order chi connectivity index (χ0) is 12.9. The maximum atomic E-state index is 12.7. The Morgan fingerprint density at radius 3 is 2.41 bits per heavy atom. The Morgan fingerprint density at radius 1 is 1.29 bits per heavy atom. The minimum absolute atomic E-state index is 0.0814. The van der Waals surface area contributed by atoms with Gasteiger partial charge in [-0.2, -0.15) is 4.31 Å². The van der Waals surface area contributed by atoms with Crippen LogP contribution in [0.4, 0.5) is 4.39 Å². The van der Waals surface area contributed by atoms with Crippen LogP contribution in [0.3, 0.4) is 0 Å². The summed E-state index contributed by atoms with van der Waals surface area (Å²) in [4.78, 5) is 0.0814. The largest absolute Gasteiger partial charge is 0.380 e. The van der Waals surface area contributed by atoms with E-state index in [1.165, 1.54) is 23.5 Å². The Morgan fingerprint density at radius 2 is 1.88 bits per heavy atom. The number of rotatable bonds is 6. The van der Waals surface area contributed by atoms with Crippen molar-refractivity contribution in [3.05, 3.63) is 30.1 Å². The fourth-order valence-corrected chi connectivity index (χ4v) is 2.40. The van der Waals surface area contributed by atoms with E-state index in [2.05, 4.69) is 0 Å². The molecule has 0 unspecified atom stereocenters. The summed E-state index contributed by atoms with van der Waals surface area (Å²) in [5.74, 6) is -0.457. The third-order valence-corrected chi connectivity index (χ3v) is 4.15. The number of likely N-dealkylation sites (N-methyl/N-ethyl adjacent to an activating group) is 1. The van der Waals surface area contributed by atoms with Crippen molar-refractivity contribution in [1.29, 1.82) is 0 Å². The molecule has 0 aliphatic rings. The Hall–Kier alpha value is -0.980. The molecule has 4 nitrogen and oxygen atoms in total. The van der Waals surface area contributed by atoms with Gasteiger partial charge in [0.05, 0.1) is 11.5 Å². The van der Waals surface area contributed by atoms with Crippen LogP contribution in [0, 0.1) is 5.82 Å². The summed E-state index contributed by atoms with van der Waals surface area (Å²) in [6.45, 7) is 3.00. The normalized spacial score (nSPS) is 12.0. The van der Waals surface area contributed by atoms with Gasteiger partial charge in [-0.25, -0.2) is 12.8 Å². The first-order chi connectivity index (χ1) is 7.98. The number of hydrogen-bond donors (Lipinski definition) is 0. The van der Waals surface area contributed by atoms with E-state index in [-0.39, 0.29) is 11.4 Å². The van der Waals surface area contributed by atoms with Gasteiger partial charge in [0.1, 0.15) is 5.82 Å². The number of benzene rings is 1. The van der Waals surface area contributed by atoms with E-state index in [9.17, 15) is 12.8 Å². The highest BCUT2D eigenvalue weighted by Crippen LogP contribution is 2.14.